The lowest BCUT2D eigenvalue weighted by Crippen LogP contribution is -2.58. The molecule has 1 heterocycles. The first-order chi connectivity index (χ1) is 8.90. The number of hydrogen-bond donors (Lipinski definition) is 2. The molecule has 1 aliphatic rings. The zero-order valence-corrected chi connectivity index (χ0v) is 11.9. The van der Waals surface area contributed by atoms with Crippen LogP contribution in [0.4, 0.5) is 0 Å². The van der Waals surface area contributed by atoms with E-state index < -0.39 is 17.6 Å². The highest BCUT2D eigenvalue weighted by Gasteiger charge is 2.36. The van der Waals surface area contributed by atoms with E-state index >= 15 is 0 Å². The van der Waals surface area contributed by atoms with E-state index in [1.54, 1.807) is 18.7 Å². The minimum atomic E-state index is -1.06. The molecular weight excluding hydrogens is 248 g/mol. The highest BCUT2D eigenvalue weighted by molar-refractivity contribution is 5.84. The summed E-state index contributed by atoms with van der Waals surface area (Å²) in [6, 6.07) is -0.509. The molecule has 0 saturated carbocycles. The average Bonchev–Trinajstić information content (AvgIpc) is 2.38. The van der Waals surface area contributed by atoms with E-state index in [4.69, 9.17) is 4.74 Å². The third-order valence-corrected chi connectivity index (χ3v) is 3.45. The number of carbonyl (C=O) groups excluding carboxylic acids is 1. The summed E-state index contributed by atoms with van der Waals surface area (Å²) in [5.74, 6) is -0.983. The van der Waals surface area contributed by atoms with Crippen LogP contribution in [0.15, 0.2) is 0 Å². The molecule has 1 aliphatic heterocycles. The smallest absolute Gasteiger partial charge is 0.323 e. The summed E-state index contributed by atoms with van der Waals surface area (Å²) < 4.78 is 5.20. The molecule has 6 heteroatoms. The second kappa shape index (κ2) is 6.86. The Bertz CT molecular complexity index is 329. The summed E-state index contributed by atoms with van der Waals surface area (Å²) in [4.78, 5) is 25.3. The van der Waals surface area contributed by atoms with Gasteiger partial charge in [-0.25, -0.2) is 0 Å². The number of amides is 1. The Morgan fingerprint density at radius 1 is 1.42 bits per heavy atom. The molecule has 0 aliphatic carbocycles. The van der Waals surface area contributed by atoms with Gasteiger partial charge in [0, 0.05) is 13.1 Å². The predicted octanol–water partition coefficient (Wildman–Crippen LogP) is 0.467. The molecule has 0 bridgehead atoms. The van der Waals surface area contributed by atoms with Crippen molar-refractivity contribution >= 4 is 11.9 Å². The number of carboxylic acids is 1. The molecule has 1 fully saturated rings. The number of rotatable bonds is 6. The number of carboxylic acid groups (broad SMARTS) is 1. The van der Waals surface area contributed by atoms with Crippen LogP contribution in [0.2, 0.25) is 0 Å². The fourth-order valence-corrected chi connectivity index (χ4v) is 2.34. The van der Waals surface area contributed by atoms with Crippen LogP contribution in [0.1, 0.15) is 33.6 Å². The van der Waals surface area contributed by atoms with Gasteiger partial charge in [0.15, 0.2) is 0 Å². The van der Waals surface area contributed by atoms with Crippen molar-refractivity contribution in [3.8, 4) is 0 Å². The van der Waals surface area contributed by atoms with Gasteiger partial charge in [-0.05, 0) is 20.3 Å². The Labute approximate surface area is 114 Å². The molecule has 0 aromatic carbocycles. The summed E-state index contributed by atoms with van der Waals surface area (Å²) in [5, 5.41) is 12.3. The van der Waals surface area contributed by atoms with Gasteiger partial charge in [-0.3, -0.25) is 14.9 Å². The second-order valence-corrected chi connectivity index (χ2v) is 5.19. The van der Waals surface area contributed by atoms with Gasteiger partial charge in [0.05, 0.1) is 19.3 Å². The topological polar surface area (TPSA) is 78.9 Å². The minimum absolute atomic E-state index is 0.0631. The number of nitrogens with zero attached hydrogens (tertiary/aromatic N) is 1. The lowest BCUT2D eigenvalue weighted by molar-refractivity contribution is -0.146. The molecule has 0 aromatic rings. The number of hydrogen-bond acceptors (Lipinski definition) is 4. The first kappa shape index (κ1) is 15.9. The third kappa shape index (κ3) is 4.18. The van der Waals surface area contributed by atoms with Crippen LogP contribution in [0.5, 0.6) is 0 Å². The summed E-state index contributed by atoms with van der Waals surface area (Å²) in [5.41, 5.74) is -1.06. The number of aliphatic carboxylic acids is 1. The lowest BCUT2D eigenvalue weighted by Gasteiger charge is -2.33. The summed E-state index contributed by atoms with van der Waals surface area (Å²) in [7, 11) is 0. The van der Waals surface area contributed by atoms with Crippen molar-refractivity contribution in [2.75, 3.05) is 26.3 Å². The molecule has 6 nitrogen and oxygen atoms in total. The zero-order valence-electron chi connectivity index (χ0n) is 11.9. The highest BCUT2D eigenvalue weighted by atomic mass is 16.5. The summed E-state index contributed by atoms with van der Waals surface area (Å²) >= 11 is 0. The quantitative estimate of drug-likeness (QED) is 0.734. The van der Waals surface area contributed by atoms with Gasteiger partial charge in [0.1, 0.15) is 5.54 Å². The molecule has 0 aromatic heterocycles. The lowest BCUT2D eigenvalue weighted by atomic mass is 9.95. The average molecular weight is 272 g/mol. The molecular formula is C13H24N2O4. The van der Waals surface area contributed by atoms with Crippen LogP contribution in [-0.4, -0.2) is 59.8 Å². The van der Waals surface area contributed by atoms with E-state index in [1.165, 1.54) is 0 Å². The maximum Gasteiger partial charge on any atom is 0.323 e. The van der Waals surface area contributed by atoms with Crippen LogP contribution in [0.25, 0.3) is 0 Å². The van der Waals surface area contributed by atoms with Crippen LogP contribution in [0, 0.1) is 0 Å². The van der Waals surface area contributed by atoms with Crippen LogP contribution >= 0.6 is 0 Å². The van der Waals surface area contributed by atoms with Gasteiger partial charge < -0.3 is 14.7 Å². The molecule has 1 rings (SSSR count). The Hall–Kier alpha value is -1.14. The van der Waals surface area contributed by atoms with Crippen LogP contribution in [-0.2, 0) is 14.3 Å². The molecule has 1 amide bonds. The molecule has 2 N–H and O–H groups in total. The Kier molecular flexibility index (Phi) is 5.75. The van der Waals surface area contributed by atoms with Crippen molar-refractivity contribution < 1.29 is 19.4 Å². The van der Waals surface area contributed by atoms with Gasteiger partial charge in [-0.2, -0.15) is 0 Å². The van der Waals surface area contributed by atoms with Crippen molar-refractivity contribution in [1.82, 2.24) is 10.2 Å². The van der Waals surface area contributed by atoms with Crippen LogP contribution < -0.4 is 5.32 Å². The largest absolute Gasteiger partial charge is 0.480 e. The second-order valence-electron chi connectivity index (χ2n) is 5.19. The molecule has 2 atom stereocenters. The highest BCUT2D eigenvalue weighted by Crippen LogP contribution is 2.14. The van der Waals surface area contributed by atoms with Gasteiger partial charge in [0.2, 0.25) is 5.91 Å². The van der Waals surface area contributed by atoms with E-state index in [1.807, 2.05) is 6.92 Å². The number of ether oxygens (including phenoxy) is 1. The standard InChI is InChI=1S/C13H24N2O4/c1-4-5-13(3,12(17)18)14-10(2)11(16)15-6-8-19-9-7-15/h10,14H,4-9H2,1-3H3,(H,17,18). The molecule has 1 saturated heterocycles. The monoisotopic (exact) mass is 272 g/mol. The first-order valence-corrected chi connectivity index (χ1v) is 6.78. The fourth-order valence-electron chi connectivity index (χ4n) is 2.34. The molecule has 0 radical (unpaired) electrons. The van der Waals surface area contributed by atoms with Gasteiger partial charge >= 0.3 is 5.97 Å². The number of carbonyl (C=O) groups is 2. The van der Waals surface area contributed by atoms with E-state index in [0.29, 0.717) is 32.7 Å². The van der Waals surface area contributed by atoms with Crippen molar-refractivity contribution in [3.63, 3.8) is 0 Å². The normalized spacial score (nSPS) is 20.7. The van der Waals surface area contributed by atoms with Crippen molar-refractivity contribution in [1.29, 1.82) is 0 Å². The fraction of sp³-hybridized carbons (Fsp3) is 0.846. The Morgan fingerprint density at radius 3 is 2.47 bits per heavy atom. The third-order valence-electron chi connectivity index (χ3n) is 3.45. The summed E-state index contributed by atoms with van der Waals surface area (Å²) in [6.45, 7) is 7.51. The van der Waals surface area contributed by atoms with Crippen molar-refractivity contribution in [2.24, 2.45) is 0 Å². The zero-order chi connectivity index (χ0) is 14.5. The molecule has 2 unspecified atom stereocenters. The minimum Gasteiger partial charge on any atom is -0.480 e. The first-order valence-electron chi connectivity index (χ1n) is 6.78. The summed E-state index contributed by atoms with van der Waals surface area (Å²) in [6.07, 6.45) is 1.23. The maximum atomic E-state index is 12.2. The van der Waals surface area contributed by atoms with Gasteiger partial charge in [0.25, 0.3) is 0 Å². The van der Waals surface area contributed by atoms with E-state index in [2.05, 4.69) is 5.32 Å². The molecule has 110 valence electrons. The van der Waals surface area contributed by atoms with E-state index in [0.717, 1.165) is 6.42 Å². The van der Waals surface area contributed by atoms with Crippen molar-refractivity contribution in [2.45, 2.75) is 45.2 Å². The number of morpholine rings is 1. The van der Waals surface area contributed by atoms with Crippen LogP contribution in [0.3, 0.4) is 0 Å². The number of nitrogens with one attached hydrogen (secondary N) is 1. The maximum absolute atomic E-state index is 12.2. The predicted molar refractivity (Wildman–Crippen MR) is 70.9 cm³/mol. The van der Waals surface area contributed by atoms with Crippen molar-refractivity contribution in [3.05, 3.63) is 0 Å². The van der Waals surface area contributed by atoms with E-state index in [-0.39, 0.29) is 5.91 Å². The molecule has 19 heavy (non-hydrogen) atoms. The molecule has 0 spiro atoms. The Balaban J connectivity index is 2.62. The Morgan fingerprint density at radius 2 is 2.00 bits per heavy atom. The SMILES string of the molecule is CCCC(C)(NC(C)C(=O)N1CCOCC1)C(=O)O. The van der Waals surface area contributed by atoms with Gasteiger partial charge in [-0.15, -0.1) is 0 Å². The van der Waals surface area contributed by atoms with Gasteiger partial charge in [-0.1, -0.05) is 13.3 Å². The van der Waals surface area contributed by atoms with E-state index in [9.17, 15) is 14.7 Å².